The molecular formula is C19H22O5. The van der Waals surface area contributed by atoms with Gasteiger partial charge >= 0.3 is 0 Å². The van der Waals surface area contributed by atoms with E-state index >= 15 is 0 Å². The zero-order valence-corrected chi connectivity index (χ0v) is 13.9. The SMILES string of the molecule is CC=Cc1ccc(O[C@@H](C)[C@H](O)c2ccc(O)c(OC)c2)c(O)c1. The van der Waals surface area contributed by atoms with Gasteiger partial charge in [-0.1, -0.05) is 24.3 Å². The number of hydrogen-bond acceptors (Lipinski definition) is 5. The molecule has 2 rings (SSSR count). The van der Waals surface area contributed by atoms with Crippen LogP contribution in [0.2, 0.25) is 0 Å². The number of benzene rings is 2. The number of aliphatic hydroxyl groups is 1. The number of ether oxygens (including phenoxy) is 2. The lowest BCUT2D eigenvalue weighted by Crippen LogP contribution is -2.21. The Morgan fingerprint density at radius 2 is 1.75 bits per heavy atom. The van der Waals surface area contributed by atoms with Crippen molar-refractivity contribution >= 4 is 6.08 Å². The monoisotopic (exact) mass is 330 g/mol. The fourth-order valence-electron chi connectivity index (χ4n) is 2.34. The molecule has 24 heavy (non-hydrogen) atoms. The fraction of sp³-hybridized carbons (Fsp3) is 0.263. The molecule has 3 N–H and O–H groups in total. The van der Waals surface area contributed by atoms with Crippen LogP contribution in [0.1, 0.15) is 31.1 Å². The lowest BCUT2D eigenvalue weighted by molar-refractivity contribution is 0.0450. The topological polar surface area (TPSA) is 79.2 Å². The summed E-state index contributed by atoms with van der Waals surface area (Å²) in [6.07, 6.45) is 2.18. The van der Waals surface area contributed by atoms with E-state index in [-0.39, 0.29) is 17.2 Å². The van der Waals surface area contributed by atoms with E-state index in [0.29, 0.717) is 11.3 Å². The van der Waals surface area contributed by atoms with Crippen LogP contribution >= 0.6 is 0 Å². The van der Waals surface area contributed by atoms with Crippen LogP contribution in [0.4, 0.5) is 0 Å². The minimum absolute atomic E-state index is 0.000710. The van der Waals surface area contributed by atoms with E-state index in [1.54, 1.807) is 31.2 Å². The molecule has 0 unspecified atom stereocenters. The maximum Gasteiger partial charge on any atom is 0.161 e. The summed E-state index contributed by atoms with van der Waals surface area (Å²) >= 11 is 0. The van der Waals surface area contributed by atoms with E-state index in [9.17, 15) is 15.3 Å². The first kappa shape index (κ1) is 17.7. The molecule has 0 bridgehead atoms. The second-order valence-corrected chi connectivity index (χ2v) is 5.43. The molecule has 2 atom stereocenters. The average Bonchev–Trinajstić information content (AvgIpc) is 2.57. The molecule has 0 radical (unpaired) electrons. The van der Waals surface area contributed by atoms with Crippen molar-refractivity contribution in [3.63, 3.8) is 0 Å². The third-order valence-corrected chi connectivity index (χ3v) is 3.64. The van der Waals surface area contributed by atoms with Crippen molar-refractivity contribution in [2.75, 3.05) is 7.11 Å². The summed E-state index contributed by atoms with van der Waals surface area (Å²) < 4.78 is 10.7. The molecule has 5 heteroatoms. The Balaban J connectivity index is 2.15. The molecule has 0 aliphatic heterocycles. The molecule has 0 fully saturated rings. The zero-order chi connectivity index (χ0) is 17.7. The number of methoxy groups -OCH3 is 1. The Bertz CT molecular complexity index is 724. The highest BCUT2D eigenvalue weighted by Gasteiger charge is 2.20. The van der Waals surface area contributed by atoms with Gasteiger partial charge in [-0.3, -0.25) is 0 Å². The Kier molecular flexibility index (Phi) is 5.71. The molecule has 5 nitrogen and oxygen atoms in total. The summed E-state index contributed by atoms with van der Waals surface area (Å²) in [5.41, 5.74) is 1.40. The Morgan fingerprint density at radius 3 is 2.38 bits per heavy atom. The predicted molar refractivity (Wildman–Crippen MR) is 92.5 cm³/mol. The largest absolute Gasteiger partial charge is 0.504 e. The van der Waals surface area contributed by atoms with Crippen LogP contribution in [0.15, 0.2) is 42.5 Å². The van der Waals surface area contributed by atoms with Gasteiger partial charge in [-0.25, -0.2) is 0 Å². The minimum atomic E-state index is -0.950. The number of rotatable bonds is 6. The van der Waals surface area contributed by atoms with Crippen LogP contribution in [0.25, 0.3) is 6.08 Å². The van der Waals surface area contributed by atoms with Crippen molar-refractivity contribution in [1.82, 2.24) is 0 Å². The molecule has 2 aromatic carbocycles. The maximum atomic E-state index is 10.4. The van der Waals surface area contributed by atoms with Crippen LogP contribution in [0.3, 0.4) is 0 Å². The number of aliphatic hydroxyl groups excluding tert-OH is 1. The van der Waals surface area contributed by atoms with Crippen molar-refractivity contribution in [3.05, 3.63) is 53.6 Å². The van der Waals surface area contributed by atoms with Gasteiger partial charge in [-0.05, 0) is 49.2 Å². The number of allylic oxidation sites excluding steroid dienone is 1. The summed E-state index contributed by atoms with van der Waals surface area (Å²) in [6.45, 7) is 3.59. The third-order valence-electron chi connectivity index (χ3n) is 3.64. The van der Waals surface area contributed by atoms with Gasteiger partial charge in [0, 0.05) is 0 Å². The summed E-state index contributed by atoms with van der Waals surface area (Å²) in [7, 11) is 1.44. The van der Waals surface area contributed by atoms with Gasteiger partial charge in [-0.15, -0.1) is 0 Å². The quantitative estimate of drug-likeness (QED) is 0.753. The van der Waals surface area contributed by atoms with E-state index in [0.717, 1.165) is 5.56 Å². The van der Waals surface area contributed by atoms with Gasteiger partial charge in [-0.2, -0.15) is 0 Å². The summed E-state index contributed by atoms with van der Waals surface area (Å²) in [4.78, 5) is 0. The van der Waals surface area contributed by atoms with Crippen LogP contribution < -0.4 is 9.47 Å². The van der Waals surface area contributed by atoms with E-state index in [4.69, 9.17) is 9.47 Å². The van der Waals surface area contributed by atoms with Crippen molar-refractivity contribution < 1.29 is 24.8 Å². The van der Waals surface area contributed by atoms with Gasteiger partial charge in [0.2, 0.25) is 0 Å². The highest BCUT2D eigenvalue weighted by Crippen LogP contribution is 2.33. The van der Waals surface area contributed by atoms with Crippen LogP contribution in [0, 0.1) is 0 Å². The molecular weight excluding hydrogens is 308 g/mol. The standard InChI is InChI=1S/C19H22O5/c1-4-5-13-6-9-17(16(21)10-13)24-12(2)19(22)14-7-8-15(20)18(11-14)23-3/h4-12,19-22H,1-3H3/t12-,19-/m0/s1. The molecule has 0 saturated carbocycles. The Hall–Kier alpha value is -2.66. The summed E-state index contributed by atoms with van der Waals surface area (Å²) in [5.74, 6) is 0.574. The molecule has 0 spiro atoms. The van der Waals surface area contributed by atoms with E-state index in [1.807, 2.05) is 25.1 Å². The van der Waals surface area contributed by atoms with Crippen LogP contribution in [-0.4, -0.2) is 28.5 Å². The molecule has 0 aliphatic carbocycles. The lowest BCUT2D eigenvalue weighted by Gasteiger charge is -2.22. The van der Waals surface area contributed by atoms with E-state index < -0.39 is 12.2 Å². The number of phenols is 2. The van der Waals surface area contributed by atoms with Gasteiger partial charge in [0.05, 0.1) is 7.11 Å². The zero-order valence-electron chi connectivity index (χ0n) is 13.9. The summed E-state index contributed by atoms with van der Waals surface area (Å²) in [6, 6.07) is 9.67. The molecule has 0 aromatic heterocycles. The molecule has 128 valence electrons. The minimum Gasteiger partial charge on any atom is -0.504 e. The normalized spacial score (nSPS) is 13.7. The van der Waals surface area contributed by atoms with Crippen LogP contribution in [-0.2, 0) is 0 Å². The van der Waals surface area contributed by atoms with Crippen molar-refractivity contribution in [2.45, 2.75) is 26.1 Å². The first-order chi connectivity index (χ1) is 11.5. The highest BCUT2D eigenvalue weighted by molar-refractivity contribution is 5.55. The molecule has 0 saturated heterocycles. The highest BCUT2D eigenvalue weighted by atomic mass is 16.5. The Labute approximate surface area is 141 Å². The second-order valence-electron chi connectivity index (χ2n) is 5.43. The molecule has 0 amide bonds. The lowest BCUT2D eigenvalue weighted by atomic mass is 10.0. The Morgan fingerprint density at radius 1 is 1.00 bits per heavy atom. The second kappa shape index (κ2) is 7.75. The third kappa shape index (κ3) is 4.00. The predicted octanol–water partition coefficient (Wildman–Crippen LogP) is 3.64. The molecule has 0 heterocycles. The van der Waals surface area contributed by atoms with E-state index in [2.05, 4.69) is 0 Å². The van der Waals surface area contributed by atoms with Gasteiger partial charge in [0.25, 0.3) is 0 Å². The number of hydrogen-bond donors (Lipinski definition) is 3. The fourth-order valence-corrected chi connectivity index (χ4v) is 2.34. The van der Waals surface area contributed by atoms with Gasteiger partial charge < -0.3 is 24.8 Å². The van der Waals surface area contributed by atoms with Gasteiger partial charge in [0.15, 0.2) is 23.0 Å². The van der Waals surface area contributed by atoms with Crippen molar-refractivity contribution in [3.8, 4) is 23.0 Å². The van der Waals surface area contributed by atoms with Crippen LogP contribution in [0.5, 0.6) is 23.0 Å². The first-order valence-corrected chi connectivity index (χ1v) is 7.63. The maximum absolute atomic E-state index is 10.4. The smallest absolute Gasteiger partial charge is 0.161 e. The van der Waals surface area contributed by atoms with E-state index in [1.165, 1.54) is 13.2 Å². The molecule has 0 aliphatic rings. The van der Waals surface area contributed by atoms with Crippen molar-refractivity contribution in [2.24, 2.45) is 0 Å². The molecule has 2 aromatic rings. The summed E-state index contributed by atoms with van der Waals surface area (Å²) in [5, 5.41) is 30.1. The number of aromatic hydroxyl groups is 2. The van der Waals surface area contributed by atoms with Crippen molar-refractivity contribution in [1.29, 1.82) is 0 Å². The number of phenolic OH excluding ortho intramolecular Hbond substituents is 2. The average molecular weight is 330 g/mol. The first-order valence-electron chi connectivity index (χ1n) is 7.63. The van der Waals surface area contributed by atoms with Gasteiger partial charge in [0.1, 0.15) is 12.2 Å².